The van der Waals surface area contributed by atoms with Gasteiger partial charge in [0.25, 0.3) is 0 Å². The minimum absolute atomic E-state index is 0.0298. The predicted octanol–water partition coefficient (Wildman–Crippen LogP) is 3.11. The Kier molecular flexibility index (Phi) is 4.88. The average molecular weight is 292 g/mol. The Hall–Kier alpha value is -1.55. The van der Waals surface area contributed by atoms with Crippen molar-refractivity contribution >= 4 is 5.97 Å². The highest BCUT2D eigenvalue weighted by Gasteiger charge is 2.35. The molecule has 0 saturated carbocycles. The summed E-state index contributed by atoms with van der Waals surface area (Å²) in [7, 11) is 0. The molecule has 0 saturated heterocycles. The maximum atomic E-state index is 11.0. The van der Waals surface area contributed by atoms with E-state index in [9.17, 15) is 9.90 Å². The highest BCUT2D eigenvalue weighted by molar-refractivity contribution is 5.66. The van der Waals surface area contributed by atoms with E-state index in [1.54, 1.807) is 12.5 Å². The molecule has 0 unspecified atom stereocenters. The van der Waals surface area contributed by atoms with Gasteiger partial charge < -0.3 is 14.3 Å². The fourth-order valence-corrected chi connectivity index (χ4v) is 3.03. The van der Waals surface area contributed by atoms with Crippen LogP contribution in [0.2, 0.25) is 0 Å². The highest BCUT2D eigenvalue weighted by atomic mass is 16.5. The topological polar surface area (TPSA) is 59.7 Å². The summed E-state index contributed by atoms with van der Waals surface area (Å²) >= 11 is 0. The quantitative estimate of drug-likeness (QED) is 0.669. The molecule has 4 nitrogen and oxygen atoms in total. The number of allylic oxidation sites excluding steroid dienone is 1. The lowest BCUT2D eigenvalue weighted by atomic mass is 9.73. The smallest absolute Gasteiger partial charge is 0.302 e. The maximum Gasteiger partial charge on any atom is 0.302 e. The zero-order valence-corrected chi connectivity index (χ0v) is 13.0. The first kappa shape index (κ1) is 15.8. The standard InChI is InChI=1S/C17H24O4/c1-12(2)16-4-6-17(19,11-21-13(3)18)9-15(16)8-14-5-7-20-10-14/h5,7,9-10,12,16,19H,4,6,8,11H2,1-3H3/t16-,17+/m1/s1. The summed E-state index contributed by atoms with van der Waals surface area (Å²) in [5.74, 6) is 0.595. The fourth-order valence-electron chi connectivity index (χ4n) is 3.03. The minimum Gasteiger partial charge on any atom is -0.472 e. The van der Waals surface area contributed by atoms with E-state index in [4.69, 9.17) is 9.15 Å². The average Bonchev–Trinajstić information content (AvgIpc) is 2.89. The number of ether oxygens (including phenoxy) is 1. The van der Waals surface area contributed by atoms with E-state index in [1.807, 2.05) is 12.1 Å². The van der Waals surface area contributed by atoms with Gasteiger partial charge in [0.1, 0.15) is 12.2 Å². The second-order valence-electron chi connectivity index (χ2n) is 6.30. The van der Waals surface area contributed by atoms with E-state index in [0.717, 1.165) is 18.4 Å². The summed E-state index contributed by atoms with van der Waals surface area (Å²) in [4.78, 5) is 11.0. The molecule has 116 valence electrons. The van der Waals surface area contributed by atoms with Crippen LogP contribution in [0.5, 0.6) is 0 Å². The third-order valence-corrected chi connectivity index (χ3v) is 4.14. The van der Waals surface area contributed by atoms with Crippen LogP contribution in [-0.4, -0.2) is 23.3 Å². The van der Waals surface area contributed by atoms with Gasteiger partial charge in [-0.15, -0.1) is 0 Å². The lowest BCUT2D eigenvalue weighted by molar-refractivity contribution is -0.147. The van der Waals surface area contributed by atoms with E-state index in [2.05, 4.69) is 13.8 Å². The van der Waals surface area contributed by atoms with Gasteiger partial charge >= 0.3 is 5.97 Å². The Bertz CT molecular complexity index is 501. The van der Waals surface area contributed by atoms with Gasteiger partial charge in [-0.2, -0.15) is 0 Å². The van der Waals surface area contributed by atoms with Crippen LogP contribution in [0.1, 0.15) is 39.2 Å². The second kappa shape index (κ2) is 6.48. The molecule has 0 bridgehead atoms. The molecule has 0 aromatic carbocycles. The van der Waals surface area contributed by atoms with Gasteiger partial charge in [-0.1, -0.05) is 19.4 Å². The van der Waals surface area contributed by atoms with Crippen LogP contribution in [0.4, 0.5) is 0 Å². The van der Waals surface area contributed by atoms with Crippen molar-refractivity contribution in [3.63, 3.8) is 0 Å². The first-order chi connectivity index (χ1) is 9.89. The maximum absolute atomic E-state index is 11.0. The summed E-state index contributed by atoms with van der Waals surface area (Å²) in [6.07, 6.45) is 7.59. The molecule has 1 heterocycles. The molecule has 0 radical (unpaired) electrons. The molecule has 0 spiro atoms. The first-order valence-electron chi connectivity index (χ1n) is 7.48. The van der Waals surface area contributed by atoms with Crippen molar-refractivity contribution in [1.29, 1.82) is 0 Å². The Labute approximate surface area is 125 Å². The molecule has 21 heavy (non-hydrogen) atoms. The van der Waals surface area contributed by atoms with Gasteiger partial charge in [-0.3, -0.25) is 4.79 Å². The second-order valence-corrected chi connectivity index (χ2v) is 6.30. The first-order valence-corrected chi connectivity index (χ1v) is 7.48. The zero-order chi connectivity index (χ0) is 15.5. The minimum atomic E-state index is -1.05. The van der Waals surface area contributed by atoms with E-state index in [-0.39, 0.29) is 12.6 Å². The molecule has 4 heteroatoms. The van der Waals surface area contributed by atoms with Gasteiger partial charge in [0.05, 0.1) is 12.5 Å². The van der Waals surface area contributed by atoms with Crippen LogP contribution in [0.25, 0.3) is 0 Å². The van der Waals surface area contributed by atoms with E-state index >= 15 is 0 Å². The van der Waals surface area contributed by atoms with Gasteiger partial charge in [0.15, 0.2) is 0 Å². The van der Waals surface area contributed by atoms with Gasteiger partial charge in [0, 0.05) is 6.92 Å². The molecule has 1 aliphatic rings. The number of rotatable bonds is 5. The van der Waals surface area contributed by atoms with Crippen molar-refractivity contribution in [2.45, 2.75) is 45.6 Å². The van der Waals surface area contributed by atoms with Gasteiger partial charge in [-0.05, 0) is 48.8 Å². The van der Waals surface area contributed by atoms with E-state index in [0.29, 0.717) is 18.3 Å². The van der Waals surface area contributed by atoms with Crippen LogP contribution in [0.15, 0.2) is 34.7 Å². The molecule has 0 amide bonds. The molecule has 0 fully saturated rings. The van der Waals surface area contributed by atoms with E-state index in [1.165, 1.54) is 12.5 Å². The number of furan rings is 1. The molecular weight excluding hydrogens is 268 g/mol. The van der Waals surface area contributed by atoms with Gasteiger partial charge in [-0.25, -0.2) is 0 Å². The lowest BCUT2D eigenvalue weighted by Gasteiger charge is -2.36. The third kappa shape index (κ3) is 4.21. The van der Waals surface area contributed by atoms with Crippen LogP contribution in [-0.2, 0) is 16.0 Å². The molecular formula is C17H24O4. The van der Waals surface area contributed by atoms with Crippen LogP contribution in [0.3, 0.4) is 0 Å². The SMILES string of the molecule is CC(=O)OC[C@@]1(O)C=C(Cc2ccoc2)[C@@H](C(C)C)CC1. The van der Waals surface area contributed by atoms with Crippen molar-refractivity contribution < 1.29 is 19.1 Å². The molecule has 0 aliphatic heterocycles. The Morgan fingerprint density at radius 3 is 2.90 bits per heavy atom. The third-order valence-electron chi connectivity index (χ3n) is 4.14. The predicted molar refractivity (Wildman–Crippen MR) is 79.6 cm³/mol. The molecule has 1 aromatic heterocycles. The summed E-state index contributed by atoms with van der Waals surface area (Å²) in [6, 6.07) is 1.94. The Morgan fingerprint density at radius 1 is 1.57 bits per heavy atom. The Morgan fingerprint density at radius 2 is 2.33 bits per heavy atom. The molecule has 2 atom stereocenters. The number of carbonyl (C=O) groups excluding carboxylic acids is 1. The summed E-state index contributed by atoms with van der Waals surface area (Å²) < 4.78 is 10.1. The summed E-state index contributed by atoms with van der Waals surface area (Å²) in [5, 5.41) is 10.6. The zero-order valence-electron chi connectivity index (χ0n) is 13.0. The highest BCUT2D eigenvalue weighted by Crippen LogP contribution is 2.37. The summed E-state index contributed by atoms with van der Waals surface area (Å²) in [5.41, 5.74) is 1.26. The number of aliphatic hydroxyl groups is 1. The number of hydrogen-bond acceptors (Lipinski definition) is 4. The largest absolute Gasteiger partial charge is 0.472 e. The van der Waals surface area contributed by atoms with Crippen molar-refractivity contribution in [1.82, 2.24) is 0 Å². The van der Waals surface area contributed by atoms with Crippen molar-refractivity contribution in [2.24, 2.45) is 11.8 Å². The Balaban J connectivity index is 2.19. The fraction of sp³-hybridized carbons (Fsp3) is 0.588. The van der Waals surface area contributed by atoms with Crippen LogP contribution >= 0.6 is 0 Å². The number of hydrogen-bond donors (Lipinski definition) is 1. The van der Waals surface area contributed by atoms with Crippen LogP contribution < -0.4 is 0 Å². The monoisotopic (exact) mass is 292 g/mol. The molecule has 1 N–H and O–H groups in total. The molecule has 1 aromatic rings. The van der Waals surface area contributed by atoms with Crippen molar-refractivity contribution in [3.05, 3.63) is 35.8 Å². The summed E-state index contributed by atoms with van der Waals surface area (Å²) in [6.45, 7) is 5.79. The normalized spacial score (nSPS) is 25.8. The molecule has 2 rings (SSSR count). The van der Waals surface area contributed by atoms with E-state index < -0.39 is 5.60 Å². The van der Waals surface area contributed by atoms with Crippen LogP contribution in [0, 0.1) is 11.8 Å². The lowest BCUT2D eigenvalue weighted by Crippen LogP contribution is -2.38. The molecule has 1 aliphatic carbocycles. The van der Waals surface area contributed by atoms with Crippen molar-refractivity contribution in [3.8, 4) is 0 Å². The van der Waals surface area contributed by atoms with Gasteiger partial charge in [0.2, 0.25) is 0 Å². The number of esters is 1. The number of carbonyl (C=O) groups is 1. The van der Waals surface area contributed by atoms with Crippen molar-refractivity contribution in [2.75, 3.05) is 6.61 Å².